The molecule has 0 heterocycles. The smallest absolute Gasteiger partial charge is 0.237 e. The SMILES string of the molecule is Nc1cc(F)ccc1S(=O)CC(=O)Nc1cccc(F)c1. The molecule has 1 atom stereocenters. The molecule has 3 N–H and O–H groups in total. The summed E-state index contributed by atoms with van der Waals surface area (Å²) >= 11 is 0. The van der Waals surface area contributed by atoms with Gasteiger partial charge in [-0.3, -0.25) is 9.00 Å². The molecule has 0 aliphatic rings. The Labute approximate surface area is 122 Å². The van der Waals surface area contributed by atoms with E-state index in [9.17, 15) is 17.8 Å². The third kappa shape index (κ3) is 4.09. The Hall–Kier alpha value is -2.28. The second-order valence-corrected chi connectivity index (χ2v) is 5.65. The number of amides is 1. The van der Waals surface area contributed by atoms with Gasteiger partial charge in [0.1, 0.15) is 17.4 Å². The minimum Gasteiger partial charge on any atom is -0.398 e. The number of halogens is 2. The first-order valence-corrected chi connectivity index (χ1v) is 7.26. The lowest BCUT2D eigenvalue weighted by atomic mass is 10.3. The Morgan fingerprint density at radius 2 is 1.86 bits per heavy atom. The van der Waals surface area contributed by atoms with Crippen molar-refractivity contribution in [3.63, 3.8) is 0 Å². The molecule has 110 valence electrons. The summed E-state index contributed by atoms with van der Waals surface area (Å²) in [5, 5.41) is 2.43. The number of anilines is 2. The molecule has 1 unspecified atom stereocenters. The first kappa shape index (κ1) is 15.1. The van der Waals surface area contributed by atoms with Crippen LogP contribution in [0.3, 0.4) is 0 Å². The van der Waals surface area contributed by atoms with Crippen molar-refractivity contribution in [1.82, 2.24) is 0 Å². The average Bonchev–Trinajstić information content (AvgIpc) is 2.38. The van der Waals surface area contributed by atoms with Crippen LogP contribution in [0.4, 0.5) is 20.2 Å². The van der Waals surface area contributed by atoms with Crippen molar-refractivity contribution in [2.75, 3.05) is 16.8 Å². The van der Waals surface area contributed by atoms with E-state index in [0.29, 0.717) is 0 Å². The average molecular weight is 310 g/mol. The van der Waals surface area contributed by atoms with Crippen LogP contribution >= 0.6 is 0 Å². The van der Waals surface area contributed by atoms with E-state index in [1.165, 1.54) is 24.3 Å². The van der Waals surface area contributed by atoms with Gasteiger partial charge in [0, 0.05) is 5.69 Å². The van der Waals surface area contributed by atoms with Crippen molar-refractivity contribution in [2.24, 2.45) is 0 Å². The lowest BCUT2D eigenvalue weighted by molar-refractivity contribution is -0.113. The van der Waals surface area contributed by atoms with Gasteiger partial charge in [-0.2, -0.15) is 0 Å². The Morgan fingerprint density at radius 3 is 2.52 bits per heavy atom. The summed E-state index contributed by atoms with van der Waals surface area (Å²) in [6.45, 7) is 0. The second kappa shape index (κ2) is 6.45. The van der Waals surface area contributed by atoms with Crippen molar-refractivity contribution in [2.45, 2.75) is 4.90 Å². The number of nitrogens with two attached hydrogens (primary N) is 1. The van der Waals surface area contributed by atoms with Gasteiger partial charge in [-0.1, -0.05) is 6.07 Å². The molecule has 0 fully saturated rings. The molecular weight excluding hydrogens is 298 g/mol. The maximum atomic E-state index is 13.0. The molecule has 0 saturated carbocycles. The zero-order valence-corrected chi connectivity index (χ0v) is 11.6. The molecule has 1 amide bonds. The number of nitrogen functional groups attached to an aromatic ring is 1. The van der Waals surface area contributed by atoms with Gasteiger partial charge in [-0.25, -0.2) is 8.78 Å². The minimum absolute atomic E-state index is 0.0203. The fourth-order valence-electron chi connectivity index (χ4n) is 1.69. The Kier molecular flexibility index (Phi) is 4.64. The van der Waals surface area contributed by atoms with Crippen LogP contribution in [0.15, 0.2) is 47.4 Å². The van der Waals surface area contributed by atoms with E-state index < -0.39 is 28.3 Å². The van der Waals surface area contributed by atoms with Crippen LogP contribution in [-0.2, 0) is 15.6 Å². The Bertz CT molecular complexity index is 707. The monoisotopic (exact) mass is 310 g/mol. The van der Waals surface area contributed by atoms with E-state index in [1.54, 1.807) is 0 Å². The van der Waals surface area contributed by atoms with E-state index in [2.05, 4.69) is 5.32 Å². The van der Waals surface area contributed by atoms with Crippen molar-refractivity contribution >= 4 is 28.1 Å². The summed E-state index contributed by atoms with van der Waals surface area (Å²) in [5.74, 6) is -1.94. The van der Waals surface area contributed by atoms with E-state index in [1.807, 2.05) is 0 Å². The largest absolute Gasteiger partial charge is 0.398 e. The zero-order valence-electron chi connectivity index (χ0n) is 10.8. The standard InChI is InChI=1S/C14H12F2N2O2S/c15-9-2-1-3-11(6-9)18-14(19)8-21(20)13-5-4-10(16)7-12(13)17/h1-7H,8,17H2,(H,18,19). The molecule has 2 rings (SSSR count). The topological polar surface area (TPSA) is 72.2 Å². The fraction of sp³-hybridized carbons (Fsp3) is 0.0714. The van der Waals surface area contributed by atoms with Crippen LogP contribution in [0.5, 0.6) is 0 Å². The number of benzene rings is 2. The van der Waals surface area contributed by atoms with Gasteiger partial charge in [0.05, 0.1) is 21.4 Å². The first-order valence-electron chi connectivity index (χ1n) is 5.94. The number of carbonyl (C=O) groups is 1. The molecule has 0 aliphatic carbocycles. The van der Waals surface area contributed by atoms with Crippen LogP contribution < -0.4 is 11.1 Å². The lowest BCUT2D eigenvalue weighted by Gasteiger charge is -2.07. The normalized spacial score (nSPS) is 11.9. The van der Waals surface area contributed by atoms with Gasteiger partial charge >= 0.3 is 0 Å². The van der Waals surface area contributed by atoms with Crippen molar-refractivity contribution < 1.29 is 17.8 Å². The third-order valence-electron chi connectivity index (χ3n) is 2.59. The number of rotatable bonds is 4. The van der Waals surface area contributed by atoms with Crippen LogP contribution in [0.2, 0.25) is 0 Å². The second-order valence-electron chi connectivity index (χ2n) is 4.23. The molecule has 7 heteroatoms. The maximum absolute atomic E-state index is 13.0. The molecule has 2 aromatic carbocycles. The molecule has 0 aromatic heterocycles. The summed E-state index contributed by atoms with van der Waals surface area (Å²) < 4.78 is 37.9. The molecule has 0 bridgehead atoms. The highest BCUT2D eigenvalue weighted by Gasteiger charge is 2.13. The highest BCUT2D eigenvalue weighted by Crippen LogP contribution is 2.18. The van der Waals surface area contributed by atoms with E-state index >= 15 is 0 Å². The molecule has 21 heavy (non-hydrogen) atoms. The summed E-state index contributed by atoms with van der Waals surface area (Å²) in [4.78, 5) is 11.9. The molecule has 0 aliphatic heterocycles. The van der Waals surface area contributed by atoms with Gasteiger partial charge in [0.15, 0.2) is 0 Å². The number of nitrogens with one attached hydrogen (secondary N) is 1. The predicted molar refractivity (Wildman–Crippen MR) is 77.1 cm³/mol. The van der Waals surface area contributed by atoms with E-state index in [0.717, 1.165) is 18.2 Å². The predicted octanol–water partition coefficient (Wildman–Crippen LogP) is 2.29. The van der Waals surface area contributed by atoms with Crippen molar-refractivity contribution in [3.8, 4) is 0 Å². The molecule has 4 nitrogen and oxygen atoms in total. The van der Waals surface area contributed by atoms with Gasteiger partial charge in [0.2, 0.25) is 5.91 Å². The van der Waals surface area contributed by atoms with Crippen molar-refractivity contribution in [3.05, 3.63) is 54.1 Å². The van der Waals surface area contributed by atoms with Gasteiger partial charge in [0.25, 0.3) is 0 Å². The summed E-state index contributed by atoms with van der Waals surface area (Å²) in [6, 6.07) is 8.78. The molecule has 0 saturated heterocycles. The zero-order chi connectivity index (χ0) is 15.4. The van der Waals surface area contributed by atoms with Crippen LogP contribution in [0.25, 0.3) is 0 Å². The minimum atomic E-state index is -1.71. The van der Waals surface area contributed by atoms with Gasteiger partial charge in [-0.15, -0.1) is 0 Å². The summed E-state index contributed by atoms with van der Waals surface area (Å²) in [5.41, 5.74) is 5.84. The van der Waals surface area contributed by atoms with Gasteiger partial charge < -0.3 is 11.1 Å². The first-order chi connectivity index (χ1) is 9.95. The third-order valence-corrected chi connectivity index (χ3v) is 3.97. The molecule has 0 spiro atoms. The van der Waals surface area contributed by atoms with E-state index in [-0.39, 0.29) is 22.0 Å². The molecular formula is C14H12F2N2O2S. The van der Waals surface area contributed by atoms with Gasteiger partial charge in [-0.05, 0) is 36.4 Å². The fourth-order valence-corrected chi connectivity index (χ4v) is 2.69. The lowest BCUT2D eigenvalue weighted by Crippen LogP contribution is -2.20. The maximum Gasteiger partial charge on any atom is 0.237 e. The van der Waals surface area contributed by atoms with Crippen molar-refractivity contribution in [1.29, 1.82) is 0 Å². The quantitative estimate of drug-likeness (QED) is 0.851. The van der Waals surface area contributed by atoms with Crippen LogP contribution in [0.1, 0.15) is 0 Å². The highest BCUT2D eigenvalue weighted by atomic mass is 32.2. The van der Waals surface area contributed by atoms with Crippen LogP contribution in [-0.4, -0.2) is 15.9 Å². The van der Waals surface area contributed by atoms with E-state index in [4.69, 9.17) is 5.73 Å². The Balaban J connectivity index is 2.04. The number of carbonyl (C=O) groups excluding carboxylic acids is 1. The Morgan fingerprint density at radius 1 is 1.14 bits per heavy atom. The summed E-state index contributed by atoms with van der Waals surface area (Å²) in [7, 11) is -1.71. The number of hydrogen-bond donors (Lipinski definition) is 2. The highest BCUT2D eigenvalue weighted by molar-refractivity contribution is 7.86. The van der Waals surface area contributed by atoms with Crippen LogP contribution in [0, 0.1) is 11.6 Å². The summed E-state index contributed by atoms with van der Waals surface area (Å²) in [6.07, 6.45) is 0. The molecule has 2 aromatic rings. The molecule has 0 radical (unpaired) electrons. The number of hydrogen-bond acceptors (Lipinski definition) is 3.